The lowest BCUT2D eigenvalue weighted by Gasteiger charge is -2.16. The van der Waals surface area contributed by atoms with E-state index < -0.39 is 44.2 Å². The summed E-state index contributed by atoms with van der Waals surface area (Å²) in [6, 6.07) is 1.94. The highest BCUT2D eigenvalue weighted by molar-refractivity contribution is 7.93. The third-order valence-electron chi connectivity index (χ3n) is 2.44. The number of hydrogen-bond acceptors (Lipinski definition) is 3. The minimum Gasteiger partial charge on any atom is -0.478 e. The summed E-state index contributed by atoms with van der Waals surface area (Å²) in [5, 5.41) is 7.79. The maximum Gasteiger partial charge on any atom is 0.418 e. The average Bonchev–Trinajstić information content (AvgIpc) is 2.26. The lowest BCUT2D eigenvalue weighted by molar-refractivity contribution is -0.136. The summed E-state index contributed by atoms with van der Waals surface area (Å²) in [7, 11) is -4.02. The van der Waals surface area contributed by atoms with E-state index >= 15 is 0 Å². The number of halogens is 3. The highest BCUT2D eigenvalue weighted by atomic mass is 32.2. The van der Waals surface area contributed by atoms with E-state index in [2.05, 4.69) is 0 Å². The molecule has 0 radical (unpaired) electrons. The van der Waals surface area contributed by atoms with Crippen LogP contribution in [0.4, 0.5) is 18.9 Å². The van der Waals surface area contributed by atoms with Gasteiger partial charge in [0.1, 0.15) is 0 Å². The van der Waals surface area contributed by atoms with Crippen molar-refractivity contribution >= 4 is 21.7 Å². The van der Waals surface area contributed by atoms with Crippen molar-refractivity contribution in [3.8, 4) is 0 Å². The predicted molar refractivity (Wildman–Crippen MR) is 66.1 cm³/mol. The van der Waals surface area contributed by atoms with Crippen molar-refractivity contribution in [2.45, 2.75) is 25.3 Å². The van der Waals surface area contributed by atoms with Crippen LogP contribution in [0, 0.1) is 0 Å². The summed E-state index contributed by atoms with van der Waals surface area (Å²) < 4.78 is 63.4. The van der Waals surface area contributed by atoms with E-state index in [9.17, 15) is 26.4 Å². The highest BCUT2D eigenvalue weighted by Crippen LogP contribution is 2.36. The van der Waals surface area contributed by atoms with Gasteiger partial charge in [-0.25, -0.2) is 13.2 Å². The smallest absolute Gasteiger partial charge is 0.418 e. The Hall–Kier alpha value is -1.77. The van der Waals surface area contributed by atoms with Crippen LogP contribution in [0.1, 0.15) is 29.8 Å². The van der Waals surface area contributed by atoms with E-state index in [0.29, 0.717) is 12.1 Å². The molecule has 0 heterocycles. The SMILES string of the molecule is CC(C)S(=O)(=O)Nc1cc(C(=O)O)ccc1C(F)(F)F. The van der Waals surface area contributed by atoms with Gasteiger partial charge in [0.15, 0.2) is 0 Å². The van der Waals surface area contributed by atoms with Gasteiger partial charge in [0.05, 0.1) is 22.1 Å². The summed E-state index contributed by atoms with van der Waals surface area (Å²) in [4.78, 5) is 10.8. The van der Waals surface area contributed by atoms with Crippen LogP contribution in [0.25, 0.3) is 0 Å². The van der Waals surface area contributed by atoms with Crippen LogP contribution in [0.5, 0.6) is 0 Å². The standard InChI is InChI=1S/C11H12F3NO4S/c1-6(2)20(18,19)15-9-5-7(10(16)17)3-4-8(9)11(12,13)14/h3-6,15H,1-2H3,(H,16,17). The number of hydrogen-bond donors (Lipinski definition) is 2. The fourth-order valence-electron chi connectivity index (χ4n) is 1.28. The van der Waals surface area contributed by atoms with Gasteiger partial charge in [0.2, 0.25) is 10.0 Å². The van der Waals surface area contributed by atoms with Gasteiger partial charge in [-0.15, -0.1) is 0 Å². The van der Waals surface area contributed by atoms with Crippen LogP contribution in [0.2, 0.25) is 0 Å². The Kier molecular flexibility index (Phi) is 4.33. The fourth-order valence-corrected chi connectivity index (χ4v) is 1.99. The fraction of sp³-hybridized carbons (Fsp3) is 0.364. The summed E-state index contributed by atoms with van der Waals surface area (Å²) in [6.45, 7) is 2.58. The monoisotopic (exact) mass is 311 g/mol. The molecule has 1 aromatic carbocycles. The van der Waals surface area contributed by atoms with E-state index in [0.717, 1.165) is 6.07 Å². The molecular formula is C11H12F3NO4S. The second-order valence-corrected chi connectivity index (χ2v) is 6.50. The summed E-state index contributed by atoms with van der Waals surface area (Å²) in [6.07, 6.45) is -4.80. The van der Waals surface area contributed by atoms with Gasteiger partial charge in [-0.2, -0.15) is 13.2 Å². The van der Waals surface area contributed by atoms with Crippen molar-refractivity contribution < 1.29 is 31.5 Å². The van der Waals surface area contributed by atoms with Crippen LogP contribution in [-0.2, 0) is 16.2 Å². The van der Waals surface area contributed by atoms with Crippen molar-refractivity contribution in [1.82, 2.24) is 0 Å². The Balaban J connectivity index is 3.40. The maximum atomic E-state index is 12.8. The molecule has 5 nitrogen and oxygen atoms in total. The first-order valence-electron chi connectivity index (χ1n) is 5.41. The zero-order valence-corrected chi connectivity index (χ0v) is 11.3. The third-order valence-corrected chi connectivity index (χ3v) is 4.19. The summed E-state index contributed by atoms with van der Waals surface area (Å²) in [5.41, 5.74) is -2.49. The number of anilines is 1. The molecule has 0 bridgehead atoms. The van der Waals surface area contributed by atoms with Gasteiger partial charge in [0, 0.05) is 0 Å². The molecule has 0 amide bonds. The van der Waals surface area contributed by atoms with Crippen molar-refractivity contribution in [2.75, 3.05) is 4.72 Å². The van der Waals surface area contributed by atoms with Crippen LogP contribution < -0.4 is 4.72 Å². The number of benzene rings is 1. The Bertz CT molecular complexity index is 623. The molecule has 1 aromatic rings. The molecule has 20 heavy (non-hydrogen) atoms. The molecule has 0 aliphatic carbocycles. The van der Waals surface area contributed by atoms with E-state index in [-0.39, 0.29) is 0 Å². The number of carbonyl (C=O) groups is 1. The Morgan fingerprint density at radius 3 is 2.25 bits per heavy atom. The molecule has 0 spiro atoms. The van der Waals surface area contributed by atoms with Gasteiger partial charge in [-0.3, -0.25) is 4.72 Å². The molecule has 0 aliphatic heterocycles. The maximum absolute atomic E-state index is 12.8. The minimum absolute atomic E-state index is 0.445. The second-order valence-electron chi connectivity index (χ2n) is 4.26. The topological polar surface area (TPSA) is 83.5 Å². The highest BCUT2D eigenvalue weighted by Gasteiger charge is 2.35. The predicted octanol–water partition coefficient (Wildman–Crippen LogP) is 2.55. The number of carboxylic acids is 1. The normalized spacial score (nSPS) is 12.5. The molecule has 2 N–H and O–H groups in total. The third kappa shape index (κ3) is 3.62. The number of sulfonamides is 1. The van der Waals surface area contributed by atoms with E-state index in [1.165, 1.54) is 13.8 Å². The Labute approximate surface area is 113 Å². The summed E-state index contributed by atoms with van der Waals surface area (Å²) in [5.74, 6) is -1.45. The van der Waals surface area contributed by atoms with Crippen LogP contribution in [0.3, 0.4) is 0 Å². The molecule has 0 unspecified atom stereocenters. The van der Waals surface area contributed by atoms with Crippen LogP contribution >= 0.6 is 0 Å². The van der Waals surface area contributed by atoms with Crippen molar-refractivity contribution in [3.63, 3.8) is 0 Å². The first-order valence-corrected chi connectivity index (χ1v) is 6.96. The molecule has 1 rings (SSSR count). The first-order chi connectivity index (χ1) is 8.95. The number of aromatic carboxylic acids is 1. The molecule has 0 aliphatic rings. The molecule has 9 heteroatoms. The van der Waals surface area contributed by atoms with E-state index in [4.69, 9.17) is 5.11 Å². The number of nitrogens with one attached hydrogen (secondary N) is 1. The molecule has 0 atom stereocenters. The number of carboxylic acid groups (broad SMARTS) is 1. The van der Waals surface area contributed by atoms with Gasteiger partial charge in [0.25, 0.3) is 0 Å². The van der Waals surface area contributed by atoms with Crippen molar-refractivity contribution in [1.29, 1.82) is 0 Å². The van der Waals surface area contributed by atoms with E-state index in [1.807, 2.05) is 0 Å². The van der Waals surface area contributed by atoms with Crippen molar-refractivity contribution in [2.24, 2.45) is 0 Å². The second kappa shape index (κ2) is 5.31. The zero-order chi connectivity index (χ0) is 15.7. The average molecular weight is 311 g/mol. The quantitative estimate of drug-likeness (QED) is 0.895. The Morgan fingerprint density at radius 2 is 1.85 bits per heavy atom. The lowest BCUT2D eigenvalue weighted by atomic mass is 10.1. The summed E-state index contributed by atoms with van der Waals surface area (Å²) >= 11 is 0. The van der Waals surface area contributed by atoms with Gasteiger partial charge < -0.3 is 5.11 Å². The van der Waals surface area contributed by atoms with Crippen LogP contribution in [0.15, 0.2) is 18.2 Å². The van der Waals surface area contributed by atoms with E-state index in [1.54, 1.807) is 4.72 Å². The minimum atomic E-state index is -4.80. The molecule has 0 saturated heterocycles. The van der Waals surface area contributed by atoms with Gasteiger partial charge >= 0.3 is 12.1 Å². The molecule has 112 valence electrons. The van der Waals surface area contributed by atoms with Gasteiger partial charge in [-0.1, -0.05) is 0 Å². The molecular weight excluding hydrogens is 299 g/mol. The number of alkyl halides is 3. The molecule has 0 saturated carbocycles. The number of rotatable bonds is 4. The largest absolute Gasteiger partial charge is 0.478 e. The zero-order valence-electron chi connectivity index (χ0n) is 10.5. The molecule has 0 fully saturated rings. The lowest BCUT2D eigenvalue weighted by Crippen LogP contribution is -2.24. The van der Waals surface area contributed by atoms with Gasteiger partial charge in [-0.05, 0) is 32.0 Å². The Morgan fingerprint density at radius 1 is 1.30 bits per heavy atom. The molecule has 0 aromatic heterocycles. The van der Waals surface area contributed by atoms with Crippen molar-refractivity contribution in [3.05, 3.63) is 29.3 Å². The van der Waals surface area contributed by atoms with Crippen LogP contribution in [-0.4, -0.2) is 24.7 Å². The first kappa shape index (κ1) is 16.3.